The first-order chi connectivity index (χ1) is 7.51. The Morgan fingerprint density at radius 2 is 2.25 bits per heavy atom. The molecular weight excluding hydrogens is 241 g/mol. The van der Waals surface area contributed by atoms with Gasteiger partial charge in [-0.3, -0.25) is 10.1 Å². The van der Waals surface area contributed by atoms with E-state index in [-0.39, 0.29) is 17.0 Å². The third-order valence-corrected chi connectivity index (χ3v) is 2.19. The van der Waals surface area contributed by atoms with Crippen molar-refractivity contribution in [2.24, 2.45) is 0 Å². The summed E-state index contributed by atoms with van der Waals surface area (Å²) in [5.74, 6) is -2.15. The highest BCUT2D eigenvalue weighted by Crippen LogP contribution is 2.23. The van der Waals surface area contributed by atoms with E-state index in [4.69, 9.17) is 11.6 Å². The number of methoxy groups -OCH3 is 1. The zero-order valence-corrected chi connectivity index (χ0v) is 8.95. The van der Waals surface area contributed by atoms with Crippen LogP contribution in [0.2, 0.25) is 0 Å². The van der Waals surface area contributed by atoms with Crippen molar-refractivity contribution in [1.82, 2.24) is 0 Å². The van der Waals surface area contributed by atoms with Gasteiger partial charge in [-0.2, -0.15) is 0 Å². The Kier molecular flexibility index (Phi) is 3.78. The van der Waals surface area contributed by atoms with Crippen LogP contribution < -0.4 is 0 Å². The third-order valence-electron chi connectivity index (χ3n) is 1.90. The van der Waals surface area contributed by atoms with E-state index in [1.54, 1.807) is 0 Å². The molecule has 7 heteroatoms. The number of benzene rings is 1. The number of esters is 1. The topological polar surface area (TPSA) is 69.4 Å². The molecule has 1 aromatic carbocycles. The first-order valence-electron chi connectivity index (χ1n) is 4.12. The highest BCUT2D eigenvalue weighted by atomic mass is 35.5. The second-order valence-corrected chi connectivity index (χ2v) is 3.11. The van der Waals surface area contributed by atoms with Crippen molar-refractivity contribution >= 4 is 23.3 Å². The molecule has 0 heterocycles. The summed E-state index contributed by atoms with van der Waals surface area (Å²) in [7, 11) is 1.08. The fourth-order valence-corrected chi connectivity index (χ4v) is 1.40. The quantitative estimate of drug-likeness (QED) is 0.356. The lowest BCUT2D eigenvalue weighted by Crippen LogP contribution is -2.09. The second-order valence-electron chi connectivity index (χ2n) is 2.84. The number of hydrogen-bond donors (Lipinski definition) is 0. The number of non-ortho nitro benzene ring substituents is 1. The summed E-state index contributed by atoms with van der Waals surface area (Å²) in [6.07, 6.45) is 0. The van der Waals surface area contributed by atoms with Crippen molar-refractivity contribution in [3.8, 4) is 0 Å². The number of alkyl halides is 1. The molecule has 0 saturated carbocycles. The first-order valence-corrected chi connectivity index (χ1v) is 4.65. The van der Waals surface area contributed by atoms with Crippen LogP contribution in [0, 0.1) is 15.9 Å². The Labute approximate surface area is 94.9 Å². The number of carbonyl (C=O) groups excluding carboxylic acids is 1. The fourth-order valence-electron chi connectivity index (χ4n) is 1.19. The van der Waals surface area contributed by atoms with Gasteiger partial charge in [-0.05, 0) is 5.56 Å². The van der Waals surface area contributed by atoms with Gasteiger partial charge in [-0.25, -0.2) is 9.18 Å². The van der Waals surface area contributed by atoms with Crippen LogP contribution in [0.4, 0.5) is 10.1 Å². The van der Waals surface area contributed by atoms with E-state index in [2.05, 4.69) is 4.74 Å². The maximum atomic E-state index is 13.4. The molecule has 1 rings (SSSR count). The van der Waals surface area contributed by atoms with E-state index in [0.717, 1.165) is 13.2 Å². The maximum absolute atomic E-state index is 13.4. The van der Waals surface area contributed by atoms with Crippen molar-refractivity contribution in [2.75, 3.05) is 7.11 Å². The maximum Gasteiger partial charge on any atom is 0.341 e. The number of carbonyl (C=O) groups is 1. The predicted octanol–water partition coefficient (Wildman–Crippen LogP) is 2.26. The predicted molar refractivity (Wildman–Crippen MR) is 54.0 cm³/mol. The molecule has 16 heavy (non-hydrogen) atoms. The molecular formula is C9H7ClFNO4. The normalized spacial score (nSPS) is 9.94. The molecule has 0 unspecified atom stereocenters. The van der Waals surface area contributed by atoms with E-state index in [1.807, 2.05) is 0 Å². The van der Waals surface area contributed by atoms with Gasteiger partial charge in [-0.1, -0.05) is 0 Å². The van der Waals surface area contributed by atoms with Gasteiger partial charge in [-0.15, -0.1) is 11.6 Å². The zero-order chi connectivity index (χ0) is 12.3. The molecule has 0 aliphatic rings. The Bertz CT molecular complexity index is 449. The number of rotatable bonds is 3. The Balaban J connectivity index is 3.40. The number of ether oxygens (including phenoxy) is 1. The summed E-state index contributed by atoms with van der Waals surface area (Å²) < 4.78 is 17.8. The minimum atomic E-state index is -1.02. The number of halogens is 2. The summed E-state index contributed by atoms with van der Waals surface area (Å²) in [5.41, 5.74) is -0.802. The van der Waals surface area contributed by atoms with Crippen LogP contribution in [-0.4, -0.2) is 18.0 Å². The highest BCUT2D eigenvalue weighted by molar-refractivity contribution is 6.17. The van der Waals surface area contributed by atoms with Gasteiger partial charge in [0.05, 0.1) is 18.1 Å². The monoisotopic (exact) mass is 247 g/mol. The van der Waals surface area contributed by atoms with Crippen molar-refractivity contribution in [1.29, 1.82) is 0 Å². The molecule has 0 aromatic heterocycles. The van der Waals surface area contributed by atoms with Crippen LogP contribution >= 0.6 is 11.6 Å². The minimum Gasteiger partial charge on any atom is -0.465 e. The average molecular weight is 248 g/mol. The molecule has 0 amide bonds. The number of nitro benzene ring substituents is 1. The van der Waals surface area contributed by atoms with Crippen LogP contribution in [-0.2, 0) is 10.6 Å². The zero-order valence-electron chi connectivity index (χ0n) is 8.20. The Morgan fingerprint density at radius 1 is 1.62 bits per heavy atom. The largest absolute Gasteiger partial charge is 0.465 e. The Hall–Kier alpha value is -1.69. The molecule has 0 N–H and O–H groups in total. The lowest BCUT2D eigenvalue weighted by Gasteiger charge is -2.06. The molecule has 0 atom stereocenters. The Morgan fingerprint density at radius 3 is 2.69 bits per heavy atom. The molecule has 0 spiro atoms. The molecule has 86 valence electrons. The van der Waals surface area contributed by atoms with Gasteiger partial charge in [0.2, 0.25) is 0 Å². The van der Waals surface area contributed by atoms with Crippen LogP contribution in [0.5, 0.6) is 0 Å². The molecule has 0 bridgehead atoms. The summed E-state index contributed by atoms with van der Waals surface area (Å²) in [6, 6.07) is 1.70. The third kappa shape index (κ3) is 2.27. The summed E-state index contributed by atoms with van der Waals surface area (Å²) in [5, 5.41) is 10.5. The van der Waals surface area contributed by atoms with Gasteiger partial charge >= 0.3 is 5.97 Å². The van der Waals surface area contributed by atoms with E-state index in [0.29, 0.717) is 6.07 Å². The molecule has 0 fully saturated rings. The minimum absolute atomic E-state index is 0.0280. The van der Waals surface area contributed by atoms with Crippen LogP contribution in [0.25, 0.3) is 0 Å². The second kappa shape index (κ2) is 4.89. The standard InChI is InChI=1S/C9H7ClFNO4/c1-16-9(13)8-5(4-10)2-6(12(14)15)3-7(8)11/h2-3H,4H2,1H3. The summed E-state index contributed by atoms with van der Waals surface area (Å²) in [4.78, 5) is 20.9. The van der Waals surface area contributed by atoms with Crippen molar-refractivity contribution in [2.45, 2.75) is 5.88 Å². The average Bonchev–Trinajstić information content (AvgIpc) is 2.26. The van der Waals surface area contributed by atoms with Gasteiger partial charge in [0, 0.05) is 11.9 Å². The van der Waals surface area contributed by atoms with E-state index in [9.17, 15) is 19.3 Å². The van der Waals surface area contributed by atoms with Gasteiger partial charge < -0.3 is 4.74 Å². The van der Waals surface area contributed by atoms with E-state index >= 15 is 0 Å². The molecule has 0 saturated heterocycles. The van der Waals surface area contributed by atoms with Crippen molar-refractivity contribution in [3.05, 3.63) is 39.2 Å². The number of hydrogen-bond acceptors (Lipinski definition) is 4. The van der Waals surface area contributed by atoms with Gasteiger partial charge in [0.15, 0.2) is 0 Å². The smallest absolute Gasteiger partial charge is 0.341 e. The number of nitro groups is 1. The highest BCUT2D eigenvalue weighted by Gasteiger charge is 2.21. The molecule has 0 aliphatic heterocycles. The molecule has 0 radical (unpaired) electrons. The molecule has 5 nitrogen and oxygen atoms in total. The SMILES string of the molecule is COC(=O)c1c(F)cc([N+](=O)[O-])cc1CCl. The van der Waals surface area contributed by atoms with Crippen LogP contribution in [0.1, 0.15) is 15.9 Å². The summed E-state index contributed by atoms with van der Waals surface area (Å²) in [6.45, 7) is 0. The number of nitrogens with zero attached hydrogens (tertiary/aromatic N) is 1. The molecule has 0 aliphatic carbocycles. The van der Waals surface area contributed by atoms with Gasteiger partial charge in [0.1, 0.15) is 11.4 Å². The fraction of sp³-hybridized carbons (Fsp3) is 0.222. The van der Waals surface area contributed by atoms with Crippen molar-refractivity contribution < 1.29 is 18.8 Å². The van der Waals surface area contributed by atoms with Gasteiger partial charge in [0.25, 0.3) is 5.69 Å². The lowest BCUT2D eigenvalue weighted by molar-refractivity contribution is -0.385. The summed E-state index contributed by atoms with van der Waals surface area (Å²) >= 11 is 5.48. The van der Waals surface area contributed by atoms with Crippen molar-refractivity contribution in [3.63, 3.8) is 0 Å². The molecule has 1 aromatic rings. The van der Waals surface area contributed by atoms with Crippen LogP contribution in [0.15, 0.2) is 12.1 Å². The van der Waals surface area contributed by atoms with E-state index < -0.39 is 22.4 Å². The lowest BCUT2D eigenvalue weighted by atomic mass is 10.1. The first kappa shape index (κ1) is 12.4. The van der Waals surface area contributed by atoms with E-state index in [1.165, 1.54) is 0 Å². The van der Waals surface area contributed by atoms with Crippen LogP contribution in [0.3, 0.4) is 0 Å².